The molecule has 2 aromatic heterocycles. The summed E-state index contributed by atoms with van der Waals surface area (Å²) < 4.78 is 23.7. The molecule has 14 heteroatoms. The first-order chi connectivity index (χ1) is 16.7. The van der Waals surface area contributed by atoms with Crippen molar-refractivity contribution >= 4 is 35.8 Å². The van der Waals surface area contributed by atoms with Crippen molar-refractivity contribution in [3.63, 3.8) is 0 Å². The van der Waals surface area contributed by atoms with Crippen LogP contribution in [0.25, 0.3) is 5.52 Å². The Kier molecular flexibility index (Phi) is 7.38. The van der Waals surface area contributed by atoms with Crippen molar-refractivity contribution in [3.8, 4) is 5.75 Å². The van der Waals surface area contributed by atoms with E-state index in [1.165, 1.54) is 18.0 Å². The molecule has 12 nitrogen and oxygen atoms in total. The zero-order valence-corrected chi connectivity index (χ0v) is 20.7. The third-order valence-electron chi connectivity index (χ3n) is 5.57. The second-order valence-corrected chi connectivity index (χ2v) is 11.1. The lowest BCUT2D eigenvalue weighted by molar-refractivity contribution is -0.142. The Hall–Kier alpha value is -2.64. The van der Waals surface area contributed by atoms with E-state index in [2.05, 4.69) is 15.2 Å². The van der Waals surface area contributed by atoms with Gasteiger partial charge >= 0.3 is 12.6 Å². The van der Waals surface area contributed by atoms with Gasteiger partial charge in [-0.25, -0.2) is 14.6 Å². The lowest BCUT2D eigenvalue weighted by atomic mass is 9.93. The Labute approximate surface area is 206 Å². The number of nitrogens with one attached hydrogen (secondary N) is 1. The van der Waals surface area contributed by atoms with E-state index >= 15 is 0 Å². The molecular weight excluding hydrogens is 497 g/mol. The van der Waals surface area contributed by atoms with Crippen molar-refractivity contribution in [1.29, 1.82) is 0 Å². The number of para-hydroxylation sites is 1. The fourth-order valence-electron chi connectivity index (χ4n) is 3.71. The number of hydrogen-bond acceptors (Lipinski definition) is 11. The number of carbonyl (C=O) groups is 1. The highest BCUT2D eigenvalue weighted by Crippen LogP contribution is 2.46. The molecular formula is C21H26N5O7PS. The highest BCUT2D eigenvalue weighted by atomic mass is 32.5. The molecule has 1 fully saturated rings. The molecule has 1 aliphatic rings. The Bertz CT molecular complexity index is 1250. The third-order valence-corrected chi connectivity index (χ3v) is 8.07. The van der Waals surface area contributed by atoms with Gasteiger partial charge in [0.1, 0.15) is 35.8 Å². The molecule has 5 N–H and O–H groups in total. The molecule has 0 spiro atoms. The zero-order valence-electron chi connectivity index (χ0n) is 19.0. The topological polar surface area (TPSA) is 163 Å². The maximum atomic E-state index is 12.0. The fourth-order valence-corrected chi connectivity index (χ4v) is 6.13. The molecule has 188 valence electrons. The SMILES string of the molecule is COC(=O)[C@H](C)NP(=S)(OC[C@H]1OC[C@](O)(c2ccc3c(N)ncnn23)[C@@H]1O)Oc1ccccc1. The van der Waals surface area contributed by atoms with Crippen LogP contribution >= 0.6 is 6.64 Å². The van der Waals surface area contributed by atoms with Gasteiger partial charge in [0.15, 0.2) is 11.4 Å². The van der Waals surface area contributed by atoms with Crippen molar-refractivity contribution < 1.29 is 33.5 Å². The van der Waals surface area contributed by atoms with Crippen LogP contribution in [0.3, 0.4) is 0 Å². The second-order valence-electron chi connectivity index (χ2n) is 7.95. The first-order valence-corrected chi connectivity index (χ1v) is 13.3. The van der Waals surface area contributed by atoms with Crippen LogP contribution < -0.4 is 15.3 Å². The number of nitrogen functional groups attached to an aromatic ring is 1. The van der Waals surface area contributed by atoms with Gasteiger partial charge in [0.25, 0.3) is 0 Å². The Morgan fingerprint density at radius 2 is 2.14 bits per heavy atom. The van der Waals surface area contributed by atoms with E-state index in [1.807, 2.05) is 6.07 Å². The number of rotatable bonds is 9. The molecule has 1 aromatic carbocycles. The van der Waals surface area contributed by atoms with Gasteiger partial charge in [-0.15, -0.1) is 0 Å². The molecule has 0 radical (unpaired) electrons. The average molecular weight is 524 g/mol. The summed E-state index contributed by atoms with van der Waals surface area (Å²) in [4.78, 5) is 15.9. The number of hydrogen-bond donors (Lipinski definition) is 4. The van der Waals surface area contributed by atoms with E-state index in [-0.39, 0.29) is 24.7 Å². The number of fused-ring (bicyclic) bond motifs is 1. The van der Waals surface area contributed by atoms with Crippen molar-refractivity contribution in [2.24, 2.45) is 0 Å². The summed E-state index contributed by atoms with van der Waals surface area (Å²) in [5.41, 5.74) is 4.85. The highest BCUT2D eigenvalue weighted by molar-refractivity contribution is 8.09. The lowest BCUT2D eigenvalue weighted by Crippen LogP contribution is -2.43. The molecule has 3 heterocycles. The number of nitrogens with two attached hydrogens (primary N) is 1. The maximum Gasteiger partial charge on any atom is 0.323 e. The van der Waals surface area contributed by atoms with Gasteiger partial charge in [0.2, 0.25) is 0 Å². The van der Waals surface area contributed by atoms with Crippen molar-refractivity contribution in [3.05, 3.63) is 54.5 Å². The van der Waals surface area contributed by atoms with Crippen LogP contribution in [0.4, 0.5) is 5.82 Å². The highest BCUT2D eigenvalue weighted by Gasteiger charge is 2.51. The molecule has 1 aliphatic heterocycles. The number of aliphatic hydroxyl groups is 2. The third kappa shape index (κ3) is 5.16. The Morgan fingerprint density at radius 3 is 2.86 bits per heavy atom. The summed E-state index contributed by atoms with van der Waals surface area (Å²) in [5.74, 6) is 0.113. The van der Waals surface area contributed by atoms with Crippen molar-refractivity contribution in [2.75, 3.05) is 26.1 Å². The minimum atomic E-state index is -3.32. The molecule has 1 saturated heterocycles. The molecule has 35 heavy (non-hydrogen) atoms. The first-order valence-electron chi connectivity index (χ1n) is 10.6. The summed E-state index contributed by atoms with van der Waals surface area (Å²) in [6.07, 6.45) is -1.10. The van der Waals surface area contributed by atoms with Crippen molar-refractivity contribution in [2.45, 2.75) is 30.8 Å². The van der Waals surface area contributed by atoms with E-state index in [0.29, 0.717) is 11.3 Å². The Balaban J connectivity index is 1.52. The van der Waals surface area contributed by atoms with E-state index in [0.717, 1.165) is 0 Å². The number of ether oxygens (including phenoxy) is 2. The second kappa shape index (κ2) is 10.2. The fraction of sp³-hybridized carbons (Fsp3) is 0.381. The van der Waals surface area contributed by atoms with Crippen LogP contribution in [0, 0.1) is 0 Å². The van der Waals surface area contributed by atoms with Crippen LogP contribution in [0.15, 0.2) is 48.8 Å². The van der Waals surface area contributed by atoms with Gasteiger partial charge in [-0.3, -0.25) is 4.79 Å². The van der Waals surface area contributed by atoms with E-state index in [1.54, 1.807) is 43.3 Å². The number of methoxy groups -OCH3 is 1. The van der Waals surface area contributed by atoms with Gasteiger partial charge in [0, 0.05) is 0 Å². The molecule has 5 atom stereocenters. The molecule has 0 amide bonds. The summed E-state index contributed by atoms with van der Waals surface area (Å²) in [6.45, 7) is -2.22. The predicted molar refractivity (Wildman–Crippen MR) is 129 cm³/mol. The number of aromatic nitrogens is 3. The molecule has 0 aliphatic carbocycles. The lowest BCUT2D eigenvalue weighted by Gasteiger charge is -2.29. The minimum Gasteiger partial charge on any atom is -0.468 e. The van der Waals surface area contributed by atoms with Crippen LogP contribution in [0.1, 0.15) is 12.6 Å². The maximum absolute atomic E-state index is 12.0. The number of anilines is 1. The monoisotopic (exact) mass is 523 g/mol. The zero-order chi connectivity index (χ0) is 25.2. The number of nitrogens with zero attached hydrogens (tertiary/aromatic N) is 3. The van der Waals surface area contributed by atoms with Gasteiger partial charge in [0.05, 0.1) is 26.0 Å². The standard InChI is InChI=1S/C21H26N5O7PS/c1-13(20(28)30-2)25-34(35,33-14-6-4-3-5-7-14)32-10-16-18(27)21(29,11-31-16)17-9-8-15-19(22)23-12-24-26(15)17/h3-9,12-13,16,18,27,29H,10-11H2,1-2H3,(H,25,35)(H2,22,23,24)/t13-,16+,18+,21-,34?/m0/s1. The average Bonchev–Trinajstić information content (AvgIpc) is 3.41. The molecule has 1 unspecified atom stereocenters. The van der Waals surface area contributed by atoms with E-state index in [9.17, 15) is 15.0 Å². The molecule has 3 aromatic rings. The smallest absolute Gasteiger partial charge is 0.323 e. The van der Waals surface area contributed by atoms with Gasteiger partial charge in [-0.2, -0.15) is 5.10 Å². The van der Waals surface area contributed by atoms with Crippen LogP contribution in [-0.4, -0.2) is 69.4 Å². The first kappa shape index (κ1) is 25.5. The van der Waals surface area contributed by atoms with Crippen LogP contribution in [0.5, 0.6) is 5.75 Å². The predicted octanol–water partition coefficient (Wildman–Crippen LogP) is 0.730. The normalized spacial score (nSPS) is 24.7. The van der Waals surface area contributed by atoms with Crippen molar-refractivity contribution in [1.82, 2.24) is 19.7 Å². The summed E-state index contributed by atoms with van der Waals surface area (Å²) in [6, 6.07) is 11.2. The minimum absolute atomic E-state index is 0.227. The molecule has 4 rings (SSSR count). The van der Waals surface area contributed by atoms with E-state index in [4.69, 9.17) is 36.1 Å². The van der Waals surface area contributed by atoms with Crippen LogP contribution in [0.2, 0.25) is 0 Å². The summed E-state index contributed by atoms with van der Waals surface area (Å²) >= 11 is 5.63. The number of benzene rings is 1. The number of aliphatic hydroxyl groups excluding tert-OH is 1. The molecule has 0 bridgehead atoms. The number of carbonyl (C=O) groups excluding carboxylic acids is 1. The Morgan fingerprint density at radius 1 is 1.40 bits per heavy atom. The quantitative estimate of drug-likeness (QED) is 0.230. The summed E-state index contributed by atoms with van der Waals surface area (Å²) in [5, 5.41) is 29.3. The number of esters is 1. The van der Waals surface area contributed by atoms with Crippen LogP contribution in [-0.2, 0) is 36.2 Å². The van der Waals surface area contributed by atoms with Gasteiger partial charge in [-0.05, 0) is 43.0 Å². The largest absolute Gasteiger partial charge is 0.468 e. The van der Waals surface area contributed by atoms with Gasteiger partial charge in [-0.1, -0.05) is 18.2 Å². The summed E-state index contributed by atoms with van der Waals surface area (Å²) in [7, 11) is 1.26. The van der Waals surface area contributed by atoms with Gasteiger partial charge < -0.3 is 34.5 Å². The molecule has 0 saturated carbocycles. The van der Waals surface area contributed by atoms with E-state index < -0.39 is 36.5 Å².